The molecule has 172 valence electrons. The number of nitriles is 1. The van der Waals surface area contributed by atoms with Gasteiger partial charge >= 0.3 is 6.18 Å². The van der Waals surface area contributed by atoms with Crippen molar-refractivity contribution in [1.29, 1.82) is 5.26 Å². The van der Waals surface area contributed by atoms with Crippen LogP contribution in [0.2, 0.25) is 5.02 Å². The minimum atomic E-state index is -4.87. The molecule has 1 fully saturated rings. The number of hydrogen-bond acceptors (Lipinski definition) is 5. The second-order valence-electron chi connectivity index (χ2n) is 7.05. The maximum absolute atomic E-state index is 14.1. The topological polar surface area (TPSA) is 118 Å². The molecular weight excluding hydrogens is 473 g/mol. The summed E-state index contributed by atoms with van der Waals surface area (Å²) < 4.78 is 68.1. The third kappa shape index (κ3) is 4.76. The summed E-state index contributed by atoms with van der Waals surface area (Å²) in [7, 11) is 0. The van der Waals surface area contributed by atoms with E-state index in [1.54, 1.807) is 0 Å². The Kier molecular flexibility index (Phi) is 6.62. The fourth-order valence-electron chi connectivity index (χ4n) is 3.54. The van der Waals surface area contributed by atoms with E-state index in [0.29, 0.717) is 12.1 Å². The standard InChI is InChI=1S/C19H13ClF5N7O/c1-8-4-10(19(23,24)25)9(7-26)17(28-8)32-3-2-14(30-31-27)16(32)18(33)29-15-5-11(20)12(21)6-13(15)22/h4-6,14,16H,2-3H2,1H3,(H,29,33)/t14-,16+/m1/s1. The van der Waals surface area contributed by atoms with Gasteiger partial charge in [0.1, 0.15) is 35.1 Å². The molecule has 1 amide bonds. The van der Waals surface area contributed by atoms with Crippen LogP contribution in [0.3, 0.4) is 0 Å². The predicted octanol–water partition coefficient (Wildman–Crippen LogP) is 5.11. The number of rotatable bonds is 4. The van der Waals surface area contributed by atoms with Gasteiger partial charge in [-0.3, -0.25) is 4.79 Å². The Labute approximate surface area is 188 Å². The molecule has 2 atom stereocenters. The van der Waals surface area contributed by atoms with Crippen molar-refractivity contribution in [3.63, 3.8) is 0 Å². The molecule has 0 unspecified atom stereocenters. The van der Waals surface area contributed by atoms with Gasteiger partial charge in [-0.25, -0.2) is 13.8 Å². The van der Waals surface area contributed by atoms with Crippen LogP contribution in [0.5, 0.6) is 0 Å². The van der Waals surface area contributed by atoms with Gasteiger partial charge in [0.05, 0.1) is 22.3 Å². The fourth-order valence-corrected chi connectivity index (χ4v) is 3.70. The van der Waals surface area contributed by atoms with Gasteiger partial charge in [-0.1, -0.05) is 16.7 Å². The number of pyridine rings is 1. The van der Waals surface area contributed by atoms with Crippen LogP contribution >= 0.6 is 11.6 Å². The van der Waals surface area contributed by atoms with Crippen molar-refractivity contribution in [2.24, 2.45) is 5.11 Å². The summed E-state index contributed by atoms with van der Waals surface area (Å²) in [6.45, 7) is 1.20. The van der Waals surface area contributed by atoms with Crippen molar-refractivity contribution in [3.05, 3.63) is 62.1 Å². The van der Waals surface area contributed by atoms with E-state index in [0.717, 1.165) is 11.0 Å². The molecule has 2 aromatic rings. The van der Waals surface area contributed by atoms with Gasteiger partial charge in [0.25, 0.3) is 0 Å². The third-order valence-corrected chi connectivity index (χ3v) is 5.21. The van der Waals surface area contributed by atoms with E-state index >= 15 is 0 Å². The normalized spacial score (nSPS) is 17.9. The number of aromatic nitrogens is 1. The highest BCUT2D eigenvalue weighted by Crippen LogP contribution is 2.38. The van der Waals surface area contributed by atoms with Crippen molar-refractivity contribution in [2.75, 3.05) is 16.8 Å². The lowest BCUT2D eigenvalue weighted by molar-refractivity contribution is -0.137. The lowest BCUT2D eigenvalue weighted by Gasteiger charge is -2.28. The van der Waals surface area contributed by atoms with E-state index in [2.05, 4.69) is 20.3 Å². The first-order chi connectivity index (χ1) is 15.5. The summed E-state index contributed by atoms with van der Waals surface area (Å²) in [6, 6.07) is 0.931. The quantitative estimate of drug-likeness (QED) is 0.213. The van der Waals surface area contributed by atoms with Crippen LogP contribution in [0.15, 0.2) is 23.3 Å². The molecule has 8 nitrogen and oxygen atoms in total. The van der Waals surface area contributed by atoms with E-state index < -0.39 is 63.5 Å². The molecule has 14 heteroatoms. The molecule has 1 aliphatic heterocycles. The summed E-state index contributed by atoms with van der Waals surface area (Å²) in [4.78, 5) is 20.8. The summed E-state index contributed by atoms with van der Waals surface area (Å²) in [6.07, 6.45) is -4.83. The molecule has 1 aromatic heterocycles. The number of nitrogens with zero attached hydrogens (tertiary/aromatic N) is 6. The van der Waals surface area contributed by atoms with E-state index in [1.165, 1.54) is 13.0 Å². The van der Waals surface area contributed by atoms with Gasteiger partial charge in [0.15, 0.2) is 0 Å². The molecule has 1 aliphatic rings. The van der Waals surface area contributed by atoms with Crippen LogP contribution in [0, 0.1) is 29.9 Å². The molecule has 1 N–H and O–H groups in total. The molecular formula is C19H13ClF5N7O. The molecule has 0 saturated carbocycles. The summed E-state index contributed by atoms with van der Waals surface area (Å²) in [5.74, 6) is -3.63. The number of alkyl halides is 3. The Morgan fingerprint density at radius 1 is 1.36 bits per heavy atom. The van der Waals surface area contributed by atoms with Crippen molar-refractivity contribution in [1.82, 2.24) is 4.98 Å². The Morgan fingerprint density at radius 3 is 2.67 bits per heavy atom. The highest BCUT2D eigenvalue weighted by molar-refractivity contribution is 6.31. The number of amides is 1. The van der Waals surface area contributed by atoms with Gasteiger partial charge in [-0.05, 0) is 31.0 Å². The van der Waals surface area contributed by atoms with Gasteiger partial charge in [0.2, 0.25) is 5.91 Å². The van der Waals surface area contributed by atoms with E-state index in [1.807, 2.05) is 0 Å². The smallest absolute Gasteiger partial charge is 0.343 e. The molecule has 3 rings (SSSR count). The van der Waals surface area contributed by atoms with Crippen LogP contribution < -0.4 is 10.2 Å². The van der Waals surface area contributed by atoms with Gasteiger partial charge in [-0.15, -0.1) is 0 Å². The molecule has 1 saturated heterocycles. The van der Waals surface area contributed by atoms with Gasteiger partial charge < -0.3 is 10.2 Å². The molecule has 1 aromatic carbocycles. The Morgan fingerprint density at radius 2 is 2.06 bits per heavy atom. The second kappa shape index (κ2) is 9.09. The molecule has 0 spiro atoms. The molecule has 2 heterocycles. The van der Waals surface area contributed by atoms with Gasteiger partial charge in [-0.2, -0.15) is 18.4 Å². The Balaban J connectivity index is 2.09. The number of nitrogens with one attached hydrogen (secondary N) is 1. The lowest BCUT2D eigenvalue weighted by atomic mass is 10.1. The number of carbonyl (C=O) groups excluding carboxylic acids is 1. The number of anilines is 2. The zero-order valence-electron chi connectivity index (χ0n) is 16.7. The second-order valence-corrected chi connectivity index (χ2v) is 7.46. The first-order valence-corrected chi connectivity index (χ1v) is 9.61. The van der Waals surface area contributed by atoms with E-state index in [9.17, 15) is 32.0 Å². The summed E-state index contributed by atoms with van der Waals surface area (Å²) in [5, 5.41) is 14.6. The average molecular weight is 486 g/mol. The van der Waals surface area contributed by atoms with E-state index in [4.69, 9.17) is 17.1 Å². The maximum Gasteiger partial charge on any atom is 0.417 e. The van der Waals surface area contributed by atoms with Crippen molar-refractivity contribution in [3.8, 4) is 6.07 Å². The minimum Gasteiger partial charge on any atom is -0.343 e. The SMILES string of the molecule is Cc1cc(C(F)(F)F)c(C#N)c(N2CC[C@@H](N=[N+]=[N-])[C@H]2C(=O)Nc2cc(Cl)c(F)cc2F)n1. The van der Waals surface area contributed by atoms with Crippen LogP contribution in [0.4, 0.5) is 33.5 Å². The third-order valence-electron chi connectivity index (χ3n) is 4.92. The fraction of sp³-hybridized carbons (Fsp3) is 0.316. The van der Waals surface area contributed by atoms with Crippen LogP contribution in [-0.2, 0) is 11.0 Å². The largest absolute Gasteiger partial charge is 0.417 e. The Bertz CT molecular complexity index is 1210. The zero-order chi connectivity index (χ0) is 24.5. The number of hydrogen-bond donors (Lipinski definition) is 1. The first kappa shape index (κ1) is 24.0. The molecule has 0 aliphatic carbocycles. The highest BCUT2D eigenvalue weighted by Gasteiger charge is 2.43. The number of carbonyl (C=O) groups is 1. The van der Waals surface area contributed by atoms with E-state index in [-0.39, 0.29) is 18.7 Å². The molecule has 0 bridgehead atoms. The lowest BCUT2D eigenvalue weighted by Crippen LogP contribution is -2.45. The molecule has 0 radical (unpaired) electrons. The zero-order valence-corrected chi connectivity index (χ0v) is 17.4. The average Bonchev–Trinajstić information content (AvgIpc) is 3.14. The van der Waals surface area contributed by atoms with Crippen molar-refractivity contribution < 1.29 is 26.7 Å². The Hall–Kier alpha value is -3.62. The first-order valence-electron chi connectivity index (χ1n) is 9.23. The van der Waals surface area contributed by atoms with Crippen LogP contribution in [0.25, 0.3) is 10.4 Å². The maximum atomic E-state index is 14.1. The number of aryl methyl sites for hydroxylation is 1. The monoisotopic (exact) mass is 485 g/mol. The number of halogens is 6. The van der Waals surface area contributed by atoms with Crippen molar-refractivity contribution >= 4 is 29.0 Å². The van der Waals surface area contributed by atoms with Crippen molar-refractivity contribution in [2.45, 2.75) is 31.6 Å². The summed E-state index contributed by atoms with van der Waals surface area (Å²) in [5.41, 5.74) is 6.23. The number of azide groups is 1. The minimum absolute atomic E-state index is 0.0383. The van der Waals surface area contributed by atoms with Gasteiger partial charge in [0, 0.05) is 23.2 Å². The number of benzene rings is 1. The van der Waals surface area contributed by atoms with Crippen LogP contribution in [0.1, 0.15) is 23.2 Å². The summed E-state index contributed by atoms with van der Waals surface area (Å²) >= 11 is 5.63. The molecule has 33 heavy (non-hydrogen) atoms. The highest BCUT2D eigenvalue weighted by atomic mass is 35.5. The predicted molar refractivity (Wildman–Crippen MR) is 107 cm³/mol. The van der Waals surface area contributed by atoms with Crippen LogP contribution in [-0.4, -0.2) is 29.5 Å².